The summed E-state index contributed by atoms with van der Waals surface area (Å²) in [5.41, 5.74) is 1.78. The van der Waals surface area contributed by atoms with E-state index in [2.05, 4.69) is 10.2 Å². The monoisotopic (exact) mass is 266 g/mol. The molecule has 2 rings (SSSR count). The van der Waals surface area contributed by atoms with Crippen molar-refractivity contribution >= 4 is 17.5 Å². The first-order valence-corrected chi connectivity index (χ1v) is 6.27. The first-order valence-electron chi connectivity index (χ1n) is 6.27. The molecule has 0 aromatic heterocycles. The van der Waals surface area contributed by atoms with Crippen LogP contribution in [0, 0.1) is 0 Å². The van der Waals surface area contributed by atoms with E-state index >= 15 is 0 Å². The topological polar surface area (TPSA) is 71.0 Å². The number of nitrogens with zero attached hydrogens (tertiary/aromatic N) is 1. The fourth-order valence-electron chi connectivity index (χ4n) is 1.87. The molecule has 1 heterocycles. The molecule has 0 bridgehead atoms. The maximum Gasteiger partial charge on any atom is 0.411 e. The molecule has 0 aliphatic carbocycles. The van der Waals surface area contributed by atoms with Gasteiger partial charge in [-0.3, -0.25) is 5.32 Å². The summed E-state index contributed by atoms with van der Waals surface area (Å²) in [6, 6.07) is 7.55. The quantitative estimate of drug-likeness (QED) is 0.853. The van der Waals surface area contributed by atoms with Crippen molar-refractivity contribution in [1.82, 2.24) is 0 Å². The van der Waals surface area contributed by atoms with Gasteiger partial charge in [0, 0.05) is 24.5 Å². The summed E-state index contributed by atoms with van der Waals surface area (Å²) in [4.78, 5) is 13.5. The molecule has 1 aromatic carbocycles. The highest BCUT2D eigenvalue weighted by molar-refractivity contribution is 5.84. The number of rotatable bonds is 4. The molecule has 2 N–H and O–H groups in total. The second-order valence-electron chi connectivity index (χ2n) is 4.13. The maximum atomic E-state index is 11.3. The van der Waals surface area contributed by atoms with E-state index in [9.17, 15) is 4.79 Å². The summed E-state index contributed by atoms with van der Waals surface area (Å²) in [6.07, 6.45) is -0.562. The van der Waals surface area contributed by atoms with E-state index in [1.165, 1.54) is 0 Å². The lowest BCUT2D eigenvalue weighted by molar-refractivity contribution is 0.122. The second-order valence-corrected chi connectivity index (χ2v) is 4.13. The van der Waals surface area contributed by atoms with Crippen LogP contribution in [-0.4, -0.2) is 50.7 Å². The molecule has 0 unspecified atom stereocenters. The number of amides is 1. The largest absolute Gasteiger partial charge is 0.447 e. The van der Waals surface area contributed by atoms with E-state index in [4.69, 9.17) is 14.6 Å². The van der Waals surface area contributed by atoms with Crippen molar-refractivity contribution in [2.45, 2.75) is 0 Å². The second kappa shape index (κ2) is 6.96. The number of carbonyl (C=O) groups excluding carboxylic acids is 1. The number of morpholine rings is 1. The molecule has 0 spiro atoms. The molecule has 1 fully saturated rings. The van der Waals surface area contributed by atoms with Crippen molar-refractivity contribution in [3.8, 4) is 0 Å². The smallest absolute Gasteiger partial charge is 0.411 e. The number of nitrogens with one attached hydrogen (secondary N) is 1. The van der Waals surface area contributed by atoms with Crippen LogP contribution < -0.4 is 10.2 Å². The molecule has 1 saturated heterocycles. The molecule has 0 saturated carbocycles. The number of carbonyl (C=O) groups is 1. The van der Waals surface area contributed by atoms with E-state index in [0.717, 1.165) is 32.0 Å². The Kier molecular flexibility index (Phi) is 5.00. The molecule has 1 aliphatic rings. The van der Waals surface area contributed by atoms with Crippen LogP contribution in [0.5, 0.6) is 0 Å². The molecule has 1 amide bonds. The van der Waals surface area contributed by atoms with Crippen LogP contribution >= 0.6 is 0 Å². The number of benzene rings is 1. The maximum absolute atomic E-state index is 11.3. The van der Waals surface area contributed by atoms with Gasteiger partial charge >= 0.3 is 6.09 Å². The normalized spacial score (nSPS) is 15.1. The third-order valence-corrected chi connectivity index (χ3v) is 2.81. The number of ether oxygens (including phenoxy) is 2. The molecule has 6 nitrogen and oxygen atoms in total. The van der Waals surface area contributed by atoms with Crippen LogP contribution in [0.25, 0.3) is 0 Å². The molecule has 0 atom stereocenters. The summed E-state index contributed by atoms with van der Waals surface area (Å²) in [5.74, 6) is 0. The van der Waals surface area contributed by atoms with Crippen LogP contribution in [0.4, 0.5) is 16.2 Å². The molecular formula is C13H18N2O4. The Hall–Kier alpha value is -1.79. The minimum Gasteiger partial charge on any atom is -0.447 e. The fraction of sp³-hybridized carbons (Fsp3) is 0.462. The van der Waals surface area contributed by atoms with Gasteiger partial charge in [-0.15, -0.1) is 0 Å². The van der Waals surface area contributed by atoms with E-state index in [1.807, 2.05) is 24.3 Å². The molecule has 104 valence electrons. The SMILES string of the molecule is O=C(Nc1ccc(N2CCOCC2)cc1)OCCO. The van der Waals surface area contributed by atoms with Crippen molar-refractivity contribution in [1.29, 1.82) is 0 Å². The Morgan fingerprint density at radius 2 is 2.00 bits per heavy atom. The van der Waals surface area contributed by atoms with Crippen LogP contribution in [0.15, 0.2) is 24.3 Å². The summed E-state index contributed by atoms with van der Waals surface area (Å²) >= 11 is 0. The van der Waals surface area contributed by atoms with E-state index < -0.39 is 6.09 Å². The van der Waals surface area contributed by atoms with Crippen LogP contribution in [0.1, 0.15) is 0 Å². The van der Waals surface area contributed by atoms with Gasteiger partial charge in [-0.05, 0) is 24.3 Å². The lowest BCUT2D eigenvalue weighted by Gasteiger charge is -2.28. The van der Waals surface area contributed by atoms with Gasteiger partial charge in [0.2, 0.25) is 0 Å². The molecule has 19 heavy (non-hydrogen) atoms. The molecule has 0 radical (unpaired) electrons. The summed E-state index contributed by atoms with van der Waals surface area (Å²) in [6.45, 7) is 3.07. The zero-order chi connectivity index (χ0) is 13.5. The summed E-state index contributed by atoms with van der Waals surface area (Å²) in [7, 11) is 0. The Labute approximate surface area is 111 Å². The standard InChI is InChI=1S/C13H18N2O4/c16-7-10-19-13(17)14-11-1-3-12(4-2-11)15-5-8-18-9-6-15/h1-4,16H,5-10H2,(H,14,17). The lowest BCUT2D eigenvalue weighted by Crippen LogP contribution is -2.36. The summed E-state index contributed by atoms with van der Waals surface area (Å²) in [5, 5.41) is 11.1. The van der Waals surface area contributed by atoms with Gasteiger partial charge < -0.3 is 19.5 Å². The first-order chi connectivity index (χ1) is 9.29. The van der Waals surface area contributed by atoms with Crippen LogP contribution in [0.2, 0.25) is 0 Å². The van der Waals surface area contributed by atoms with Gasteiger partial charge in [0.1, 0.15) is 6.61 Å². The van der Waals surface area contributed by atoms with Crippen LogP contribution in [0.3, 0.4) is 0 Å². The van der Waals surface area contributed by atoms with Crippen molar-refractivity contribution in [2.75, 3.05) is 49.7 Å². The third-order valence-electron chi connectivity index (χ3n) is 2.81. The molecule has 1 aliphatic heterocycles. The highest BCUT2D eigenvalue weighted by Crippen LogP contribution is 2.19. The zero-order valence-electron chi connectivity index (χ0n) is 10.7. The van der Waals surface area contributed by atoms with E-state index in [0.29, 0.717) is 5.69 Å². The van der Waals surface area contributed by atoms with E-state index in [-0.39, 0.29) is 13.2 Å². The number of hydrogen-bond donors (Lipinski definition) is 2. The Morgan fingerprint density at radius 3 is 2.63 bits per heavy atom. The third kappa shape index (κ3) is 4.11. The average molecular weight is 266 g/mol. The number of anilines is 2. The van der Waals surface area contributed by atoms with Crippen molar-refractivity contribution in [3.05, 3.63) is 24.3 Å². The zero-order valence-corrected chi connectivity index (χ0v) is 10.7. The number of aliphatic hydroxyl groups excluding tert-OH is 1. The molecular weight excluding hydrogens is 248 g/mol. The molecule has 6 heteroatoms. The van der Waals surface area contributed by atoms with Gasteiger partial charge in [0.15, 0.2) is 0 Å². The Balaban J connectivity index is 1.88. The highest BCUT2D eigenvalue weighted by atomic mass is 16.6. The van der Waals surface area contributed by atoms with Gasteiger partial charge in [-0.1, -0.05) is 0 Å². The predicted octanol–water partition coefficient (Wildman–Crippen LogP) is 1.06. The van der Waals surface area contributed by atoms with Gasteiger partial charge in [-0.2, -0.15) is 0 Å². The minimum atomic E-state index is -0.562. The Bertz CT molecular complexity index is 402. The van der Waals surface area contributed by atoms with Crippen molar-refractivity contribution in [3.63, 3.8) is 0 Å². The fourth-order valence-corrected chi connectivity index (χ4v) is 1.87. The van der Waals surface area contributed by atoms with E-state index in [1.54, 1.807) is 0 Å². The van der Waals surface area contributed by atoms with Crippen LogP contribution in [-0.2, 0) is 9.47 Å². The first kappa shape index (κ1) is 13.6. The minimum absolute atomic E-state index is 0.00229. The number of aliphatic hydroxyl groups is 1. The van der Waals surface area contributed by atoms with Gasteiger partial charge in [-0.25, -0.2) is 4.79 Å². The number of hydrogen-bond acceptors (Lipinski definition) is 5. The summed E-state index contributed by atoms with van der Waals surface area (Å²) < 4.78 is 10.0. The molecule has 1 aromatic rings. The van der Waals surface area contributed by atoms with Gasteiger partial charge in [0.05, 0.1) is 19.8 Å². The van der Waals surface area contributed by atoms with Crippen molar-refractivity contribution < 1.29 is 19.4 Å². The van der Waals surface area contributed by atoms with Crippen molar-refractivity contribution in [2.24, 2.45) is 0 Å². The Morgan fingerprint density at radius 1 is 1.32 bits per heavy atom. The van der Waals surface area contributed by atoms with Gasteiger partial charge in [0.25, 0.3) is 0 Å². The lowest BCUT2D eigenvalue weighted by atomic mass is 10.2. The highest BCUT2D eigenvalue weighted by Gasteiger charge is 2.11. The predicted molar refractivity (Wildman–Crippen MR) is 71.5 cm³/mol. The average Bonchev–Trinajstić information content (AvgIpc) is 2.47.